The van der Waals surface area contributed by atoms with E-state index in [1.165, 1.54) is 14.2 Å². The van der Waals surface area contributed by atoms with Crippen molar-refractivity contribution in [3.8, 4) is 23.0 Å². The van der Waals surface area contributed by atoms with Gasteiger partial charge in [-0.2, -0.15) is 0 Å². The molecule has 0 bridgehead atoms. The number of hydrogen-bond acceptors (Lipinski definition) is 5. The van der Waals surface area contributed by atoms with Crippen LogP contribution in [0.3, 0.4) is 0 Å². The maximum absolute atomic E-state index is 10.7. The first-order chi connectivity index (χ1) is 7.02. The lowest BCUT2D eigenvalue weighted by atomic mass is 10.1. The summed E-state index contributed by atoms with van der Waals surface area (Å²) in [7, 11) is 2.46. The summed E-state index contributed by atoms with van der Waals surface area (Å²) in [6.07, 6.45) is 0. The van der Waals surface area contributed by atoms with Crippen LogP contribution in [0.1, 0.15) is 10.4 Å². The lowest BCUT2D eigenvalue weighted by molar-refractivity contribution is 0.0692. The monoisotopic (exact) mass is 214 g/mol. The Kier molecular flexibility index (Phi) is 2.89. The maximum Gasteiger partial charge on any atom is 0.339 e. The van der Waals surface area contributed by atoms with Crippen molar-refractivity contribution in [1.29, 1.82) is 0 Å². The summed E-state index contributed by atoms with van der Waals surface area (Å²) >= 11 is 0. The molecule has 0 aliphatic carbocycles. The van der Waals surface area contributed by atoms with E-state index in [2.05, 4.69) is 4.74 Å². The molecule has 6 nitrogen and oxygen atoms in total. The summed E-state index contributed by atoms with van der Waals surface area (Å²) in [5, 5.41) is 27.7. The van der Waals surface area contributed by atoms with Gasteiger partial charge in [0.25, 0.3) is 0 Å². The topological polar surface area (TPSA) is 96.2 Å². The van der Waals surface area contributed by atoms with Crippen LogP contribution in [0.5, 0.6) is 23.0 Å². The van der Waals surface area contributed by atoms with Crippen LogP contribution in [0.15, 0.2) is 6.07 Å². The Bertz CT molecular complexity index is 398. The lowest BCUT2D eigenvalue weighted by Crippen LogP contribution is -2.00. The minimum atomic E-state index is -1.34. The summed E-state index contributed by atoms with van der Waals surface area (Å²) in [5.74, 6) is -2.83. The van der Waals surface area contributed by atoms with E-state index in [4.69, 9.17) is 9.84 Å². The molecule has 82 valence electrons. The third-order valence-electron chi connectivity index (χ3n) is 1.85. The van der Waals surface area contributed by atoms with Gasteiger partial charge in [0.1, 0.15) is 5.56 Å². The van der Waals surface area contributed by atoms with Crippen LogP contribution < -0.4 is 9.47 Å². The fourth-order valence-electron chi connectivity index (χ4n) is 1.13. The first kappa shape index (κ1) is 11.0. The van der Waals surface area contributed by atoms with Crippen molar-refractivity contribution in [3.63, 3.8) is 0 Å². The number of hydrogen-bond donors (Lipinski definition) is 3. The van der Waals surface area contributed by atoms with E-state index in [9.17, 15) is 15.0 Å². The Morgan fingerprint density at radius 3 is 2.20 bits per heavy atom. The smallest absolute Gasteiger partial charge is 0.339 e. The molecule has 1 rings (SSSR count). The summed E-state index contributed by atoms with van der Waals surface area (Å²) in [6, 6.07) is 1.01. The number of ether oxygens (including phenoxy) is 2. The van der Waals surface area contributed by atoms with Gasteiger partial charge in [0.05, 0.1) is 14.2 Å². The Hall–Kier alpha value is -2.11. The number of benzene rings is 1. The third kappa shape index (κ3) is 1.74. The van der Waals surface area contributed by atoms with Gasteiger partial charge in [-0.1, -0.05) is 0 Å². The molecule has 0 fully saturated rings. The fourth-order valence-corrected chi connectivity index (χ4v) is 1.13. The highest BCUT2D eigenvalue weighted by Gasteiger charge is 2.22. The summed E-state index contributed by atoms with van der Waals surface area (Å²) in [5.41, 5.74) is -0.401. The Morgan fingerprint density at radius 1 is 1.20 bits per heavy atom. The minimum Gasteiger partial charge on any atom is -0.504 e. The quantitative estimate of drug-likeness (QED) is 0.689. The molecule has 0 unspecified atom stereocenters. The van der Waals surface area contributed by atoms with Gasteiger partial charge in [-0.3, -0.25) is 0 Å². The third-order valence-corrected chi connectivity index (χ3v) is 1.85. The van der Waals surface area contributed by atoms with Gasteiger partial charge in [-0.15, -0.1) is 0 Å². The molecule has 0 spiro atoms. The number of carbonyl (C=O) groups is 1. The van der Waals surface area contributed by atoms with Crippen LogP contribution in [0.25, 0.3) is 0 Å². The van der Waals surface area contributed by atoms with Crippen LogP contribution in [-0.2, 0) is 0 Å². The molecule has 0 saturated heterocycles. The molecule has 0 aromatic heterocycles. The highest BCUT2D eigenvalue weighted by molar-refractivity contribution is 5.93. The predicted octanol–water partition coefficient (Wildman–Crippen LogP) is 0.813. The number of aromatic carboxylic acids is 1. The molecule has 0 aliphatic rings. The molecule has 1 aromatic rings. The SMILES string of the molecule is COc1cc(C(=O)O)c(O)c(OC)c1O. The number of phenols is 2. The largest absolute Gasteiger partial charge is 0.504 e. The van der Waals surface area contributed by atoms with Crippen molar-refractivity contribution in [2.24, 2.45) is 0 Å². The Morgan fingerprint density at radius 2 is 1.80 bits per heavy atom. The highest BCUT2D eigenvalue weighted by Crippen LogP contribution is 2.44. The number of aromatic hydroxyl groups is 2. The molecule has 6 heteroatoms. The number of phenolic OH excluding ortho intramolecular Hbond substituents is 1. The highest BCUT2D eigenvalue weighted by atomic mass is 16.5. The zero-order valence-electron chi connectivity index (χ0n) is 8.14. The second kappa shape index (κ2) is 3.95. The van der Waals surface area contributed by atoms with Crippen molar-refractivity contribution in [3.05, 3.63) is 11.6 Å². The molecule has 0 saturated carbocycles. The summed E-state index contributed by atoms with van der Waals surface area (Å²) in [4.78, 5) is 10.7. The van der Waals surface area contributed by atoms with Gasteiger partial charge < -0.3 is 24.8 Å². The van der Waals surface area contributed by atoms with Gasteiger partial charge >= 0.3 is 5.97 Å². The summed E-state index contributed by atoms with van der Waals surface area (Å²) < 4.78 is 9.39. The molecule has 3 N–H and O–H groups in total. The van der Waals surface area contributed by atoms with Gasteiger partial charge in [-0.25, -0.2) is 4.79 Å². The number of carboxylic acids is 1. The van der Waals surface area contributed by atoms with Crippen molar-refractivity contribution in [2.75, 3.05) is 14.2 Å². The summed E-state index contributed by atoms with van der Waals surface area (Å²) in [6.45, 7) is 0. The van der Waals surface area contributed by atoms with Crippen LogP contribution in [-0.4, -0.2) is 35.5 Å². The first-order valence-electron chi connectivity index (χ1n) is 3.93. The molecule has 15 heavy (non-hydrogen) atoms. The van der Waals surface area contributed by atoms with Crippen molar-refractivity contribution in [2.45, 2.75) is 0 Å². The van der Waals surface area contributed by atoms with Gasteiger partial charge in [-0.05, 0) is 0 Å². The molecule has 0 amide bonds. The van der Waals surface area contributed by atoms with E-state index in [1.54, 1.807) is 0 Å². The zero-order chi connectivity index (χ0) is 11.6. The van der Waals surface area contributed by atoms with E-state index < -0.39 is 23.0 Å². The maximum atomic E-state index is 10.7. The van der Waals surface area contributed by atoms with Crippen LogP contribution in [0.4, 0.5) is 0 Å². The van der Waals surface area contributed by atoms with Crippen LogP contribution >= 0.6 is 0 Å². The van der Waals surface area contributed by atoms with Crippen LogP contribution in [0.2, 0.25) is 0 Å². The number of carboxylic acid groups (broad SMARTS) is 1. The van der Waals surface area contributed by atoms with E-state index in [0.717, 1.165) is 6.07 Å². The molecular formula is C9H10O6. The second-order valence-corrected chi connectivity index (χ2v) is 2.66. The van der Waals surface area contributed by atoms with E-state index in [1.807, 2.05) is 0 Å². The minimum absolute atomic E-state index is 0.0814. The second-order valence-electron chi connectivity index (χ2n) is 2.66. The zero-order valence-corrected chi connectivity index (χ0v) is 8.14. The van der Waals surface area contributed by atoms with Gasteiger partial charge in [0.2, 0.25) is 11.5 Å². The number of methoxy groups -OCH3 is 2. The van der Waals surface area contributed by atoms with E-state index in [0.29, 0.717) is 0 Å². The lowest BCUT2D eigenvalue weighted by Gasteiger charge is -2.11. The van der Waals surface area contributed by atoms with Gasteiger partial charge in [0.15, 0.2) is 11.5 Å². The molecular weight excluding hydrogens is 204 g/mol. The van der Waals surface area contributed by atoms with Crippen molar-refractivity contribution >= 4 is 5.97 Å². The molecule has 0 heterocycles. The number of rotatable bonds is 3. The molecule has 0 aliphatic heterocycles. The Balaban J connectivity index is 3.51. The van der Waals surface area contributed by atoms with Crippen molar-refractivity contribution in [1.82, 2.24) is 0 Å². The normalized spacial score (nSPS) is 9.73. The standard InChI is InChI=1S/C9H10O6/c1-14-5-3-4(9(12)13)6(10)8(15-2)7(5)11/h3,10-11H,1-2H3,(H,12,13). The fraction of sp³-hybridized carbons (Fsp3) is 0.222. The average Bonchev–Trinajstić information content (AvgIpc) is 2.18. The molecule has 0 radical (unpaired) electrons. The van der Waals surface area contributed by atoms with E-state index >= 15 is 0 Å². The molecule has 0 atom stereocenters. The Labute approximate surface area is 85.3 Å². The van der Waals surface area contributed by atoms with Crippen molar-refractivity contribution < 1.29 is 29.6 Å². The molecule has 1 aromatic carbocycles. The average molecular weight is 214 g/mol. The predicted molar refractivity (Wildman–Crippen MR) is 49.8 cm³/mol. The van der Waals surface area contributed by atoms with Gasteiger partial charge in [0, 0.05) is 6.07 Å². The van der Waals surface area contributed by atoms with E-state index in [-0.39, 0.29) is 11.5 Å². The first-order valence-corrected chi connectivity index (χ1v) is 3.93. The van der Waals surface area contributed by atoms with Crippen LogP contribution in [0, 0.1) is 0 Å².